The fourth-order valence-corrected chi connectivity index (χ4v) is 2.14. The number of carbonyl (C=O) groups is 1. The fraction of sp³-hybridized carbons (Fsp3) is 0.294. The molecule has 5 heteroatoms. The molecule has 0 fully saturated rings. The van der Waals surface area contributed by atoms with E-state index in [0.29, 0.717) is 12.1 Å². The maximum Gasteiger partial charge on any atom is 0.251 e. The smallest absolute Gasteiger partial charge is 0.251 e. The van der Waals surface area contributed by atoms with Crippen molar-refractivity contribution >= 4 is 27.7 Å². The lowest BCUT2D eigenvalue weighted by atomic mass is 10.1. The molecule has 0 saturated heterocycles. The van der Waals surface area contributed by atoms with E-state index in [1.807, 2.05) is 43.3 Å². The zero-order valence-corrected chi connectivity index (χ0v) is 14.4. The molecule has 0 bridgehead atoms. The number of nitrogens with one attached hydrogen (secondary N) is 2. The Balaban J connectivity index is 1.99. The molecule has 4 nitrogen and oxygen atoms in total. The number of hydrogen-bond donors (Lipinski definition) is 2. The van der Waals surface area contributed by atoms with Gasteiger partial charge in [-0.05, 0) is 59.1 Å². The van der Waals surface area contributed by atoms with Crippen LogP contribution in [0.3, 0.4) is 0 Å². The number of amides is 1. The molecule has 0 saturated carbocycles. The van der Waals surface area contributed by atoms with E-state index in [0.717, 1.165) is 22.3 Å². The highest BCUT2D eigenvalue weighted by Crippen LogP contribution is 2.12. The molecule has 0 aliphatic carbocycles. The minimum atomic E-state index is -0.0297. The molecule has 0 aliphatic heterocycles. The molecule has 2 rings (SSSR count). The monoisotopic (exact) mass is 361 g/mol. The predicted molar refractivity (Wildman–Crippen MR) is 92.9 cm³/mol. The number of rotatable bonds is 6. The van der Waals surface area contributed by atoms with Crippen molar-refractivity contribution in [3.63, 3.8) is 0 Å². The lowest BCUT2D eigenvalue weighted by Crippen LogP contribution is -2.31. The zero-order chi connectivity index (χ0) is 15.9. The van der Waals surface area contributed by atoms with Crippen LogP contribution in [0.1, 0.15) is 36.2 Å². The minimum Gasteiger partial charge on any atom is -0.366 e. The topological polar surface area (TPSA) is 54.0 Å². The van der Waals surface area contributed by atoms with Gasteiger partial charge in [-0.25, -0.2) is 4.98 Å². The molecule has 0 spiro atoms. The number of nitrogens with zero attached hydrogens (tertiary/aromatic N) is 1. The maximum absolute atomic E-state index is 12.1. The van der Waals surface area contributed by atoms with Gasteiger partial charge in [-0.15, -0.1) is 0 Å². The van der Waals surface area contributed by atoms with Gasteiger partial charge in [0.2, 0.25) is 0 Å². The predicted octanol–water partition coefficient (Wildman–Crippen LogP) is 3.98. The highest BCUT2D eigenvalue weighted by atomic mass is 79.9. The Morgan fingerprint density at radius 3 is 2.82 bits per heavy atom. The third kappa shape index (κ3) is 4.84. The first-order valence-electron chi connectivity index (χ1n) is 7.33. The number of hydrogen-bond acceptors (Lipinski definition) is 3. The summed E-state index contributed by atoms with van der Waals surface area (Å²) in [6, 6.07) is 11.7. The van der Waals surface area contributed by atoms with Gasteiger partial charge < -0.3 is 10.6 Å². The number of halogens is 1. The van der Waals surface area contributed by atoms with Crippen molar-refractivity contribution in [2.24, 2.45) is 0 Å². The van der Waals surface area contributed by atoms with Crippen LogP contribution in [-0.2, 0) is 6.54 Å². The summed E-state index contributed by atoms with van der Waals surface area (Å²) in [6.07, 6.45) is 2.67. The molecule has 1 unspecified atom stereocenters. The molecule has 0 aliphatic rings. The van der Waals surface area contributed by atoms with Gasteiger partial charge in [0.05, 0.1) is 0 Å². The summed E-state index contributed by atoms with van der Waals surface area (Å²) in [7, 11) is 0. The molecular formula is C17H20BrN3O. The summed E-state index contributed by atoms with van der Waals surface area (Å²) in [5, 5.41) is 6.22. The third-order valence-electron chi connectivity index (χ3n) is 3.38. The Hall–Kier alpha value is -1.88. The largest absolute Gasteiger partial charge is 0.366 e. The average molecular weight is 362 g/mol. The molecule has 1 atom stereocenters. The van der Waals surface area contributed by atoms with E-state index in [2.05, 4.69) is 38.5 Å². The lowest BCUT2D eigenvalue weighted by Gasteiger charge is -2.12. The molecule has 1 aromatic carbocycles. The zero-order valence-electron chi connectivity index (χ0n) is 12.8. The number of pyridine rings is 1. The van der Waals surface area contributed by atoms with Crippen LogP contribution >= 0.6 is 15.9 Å². The summed E-state index contributed by atoms with van der Waals surface area (Å²) in [6.45, 7) is 4.68. The second-order valence-corrected chi connectivity index (χ2v) is 6.11. The molecule has 1 aromatic heterocycles. The van der Waals surface area contributed by atoms with Crippen molar-refractivity contribution in [1.82, 2.24) is 10.3 Å². The van der Waals surface area contributed by atoms with Gasteiger partial charge in [-0.2, -0.15) is 0 Å². The normalized spacial score (nSPS) is 11.8. The van der Waals surface area contributed by atoms with E-state index in [4.69, 9.17) is 0 Å². The lowest BCUT2D eigenvalue weighted by molar-refractivity contribution is 0.0939. The molecule has 1 heterocycles. The third-order valence-corrected chi connectivity index (χ3v) is 3.85. The van der Waals surface area contributed by atoms with Gasteiger partial charge in [0.25, 0.3) is 5.91 Å². The van der Waals surface area contributed by atoms with Crippen molar-refractivity contribution in [3.05, 3.63) is 58.2 Å². The highest BCUT2D eigenvalue weighted by molar-refractivity contribution is 9.10. The van der Waals surface area contributed by atoms with Crippen LogP contribution in [0.4, 0.5) is 5.82 Å². The molecule has 0 radical (unpaired) electrons. The van der Waals surface area contributed by atoms with E-state index in [9.17, 15) is 4.79 Å². The van der Waals surface area contributed by atoms with Gasteiger partial charge >= 0.3 is 0 Å². The highest BCUT2D eigenvalue weighted by Gasteiger charge is 2.08. The van der Waals surface area contributed by atoms with Crippen LogP contribution in [-0.4, -0.2) is 16.9 Å². The summed E-state index contributed by atoms with van der Waals surface area (Å²) in [4.78, 5) is 16.4. The number of benzene rings is 1. The molecule has 116 valence electrons. The van der Waals surface area contributed by atoms with Crippen molar-refractivity contribution in [1.29, 1.82) is 0 Å². The standard InChI is InChI=1S/C17H20BrN3O/c1-3-12(2)21-17(22)14-6-4-5-13(9-14)10-19-16-8-7-15(18)11-20-16/h4-9,11-12H,3,10H2,1-2H3,(H,19,20)(H,21,22). The van der Waals surface area contributed by atoms with Crippen molar-refractivity contribution in [3.8, 4) is 0 Å². The van der Waals surface area contributed by atoms with Gasteiger partial charge in [-0.1, -0.05) is 19.1 Å². The maximum atomic E-state index is 12.1. The summed E-state index contributed by atoms with van der Waals surface area (Å²) >= 11 is 3.36. The van der Waals surface area contributed by atoms with Crippen LogP contribution in [0.5, 0.6) is 0 Å². The quantitative estimate of drug-likeness (QED) is 0.817. The number of carbonyl (C=O) groups excluding carboxylic acids is 1. The Morgan fingerprint density at radius 1 is 1.32 bits per heavy atom. The SMILES string of the molecule is CCC(C)NC(=O)c1cccc(CNc2ccc(Br)cn2)c1. The van der Waals surface area contributed by atoms with Crippen LogP contribution in [0.2, 0.25) is 0 Å². The molecule has 2 N–H and O–H groups in total. The first-order valence-corrected chi connectivity index (χ1v) is 8.13. The fourth-order valence-electron chi connectivity index (χ4n) is 1.90. The van der Waals surface area contributed by atoms with Gasteiger partial charge in [-0.3, -0.25) is 4.79 Å². The molecular weight excluding hydrogens is 342 g/mol. The molecule has 22 heavy (non-hydrogen) atoms. The second-order valence-electron chi connectivity index (χ2n) is 5.20. The van der Waals surface area contributed by atoms with Crippen molar-refractivity contribution in [2.45, 2.75) is 32.9 Å². The second kappa shape index (κ2) is 7.94. The first-order chi connectivity index (χ1) is 10.6. The van der Waals surface area contributed by atoms with Crippen molar-refractivity contribution < 1.29 is 4.79 Å². The van der Waals surface area contributed by atoms with Crippen LogP contribution in [0.15, 0.2) is 47.1 Å². The summed E-state index contributed by atoms with van der Waals surface area (Å²) < 4.78 is 0.946. The molecule has 2 aromatic rings. The van der Waals surface area contributed by atoms with Crippen LogP contribution in [0.25, 0.3) is 0 Å². The first kappa shape index (κ1) is 16.5. The summed E-state index contributed by atoms with van der Waals surface area (Å²) in [5.41, 5.74) is 1.73. The van der Waals surface area contributed by atoms with Crippen LogP contribution in [0, 0.1) is 0 Å². The van der Waals surface area contributed by atoms with Crippen LogP contribution < -0.4 is 10.6 Å². The Labute approximate surface area is 139 Å². The Bertz CT molecular complexity index is 628. The number of aromatic nitrogens is 1. The van der Waals surface area contributed by atoms with E-state index >= 15 is 0 Å². The Kier molecular flexibility index (Phi) is 5.95. The van der Waals surface area contributed by atoms with E-state index < -0.39 is 0 Å². The van der Waals surface area contributed by atoms with Gasteiger partial charge in [0.15, 0.2) is 0 Å². The van der Waals surface area contributed by atoms with Gasteiger partial charge in [0.1, 0.15) is 5.82 Å². The van der Waals surface area contributed by atoms with E-state index in [-0.39, 0.29) is 11.9 Å². The van der Waals surface area contributed by atoms with Crippen molar-refractivity contribution in [2.75, 3.05) is 5.32 Å². The Morgan fingerprint density at radius 2 is 2.14 bits per heavy atom. The van der Waals surface area contributed by atoms with E-state index in [1.165, 1.54) is 0 Å². The average Bonchev–Trinajstić information content (AvgIpc) is 2.54. The summed E-state index contributed by atoms with van der Waals surface area (Å²) in [5.74, 6) is 0.774. The number of anilines is 1. The minimum absolute atomic E-state index is 0.0297. The molecule has 1 amide bonds. The van der Waals surface area contributed by atoms with E-state index in [1.54, 1.807) is 6.20 Å². The van der Waals surface area contributed by atoms with Gasteiger partial charge in [0, 0.05) is 28.8 Å².